The van der Waals surface area contributed by atoms with Crippen LogP contribution >= 0.6 is 0 Å². The van der Waals surface area contributed by atoms with E-state index in [1.54, 1.807) is 0 Å². The molecule has 3 aliphatic heterocycles. The molecule has 2 aromatic heterocycles. The van der Waals surface area contributed by atoms with Crippen molar-refractivity contribution >= 4 is 5.95 Å². The van der Waals surface area contributed by atoms with Crippen molar-refractivity contribution < 1.29 is 4.74 Å². The number of fused-ring (bicyclic) bond motifs is 4. The molecule has 2 aromatic rings. The highest BCUT2D eigenvalue weighted by Crippen LogP contribution is 2.44. The summed E-state index contributed by atoms with van der Waals surface area (Å²) < 4.78 is 7.55. The first-order valence-electron chi connectivity index (χ1n) is 10.2. The van der Waals surface area contributed by atoms with E-state index in [9.17, 15) is 0 Å². The Labute approximate surface area is 160 Å². The Morgan fingerprint density at radius 1 is 1.19 bits per heavy atom. The van der Waals surface area contributed by atoms with Crippen LogP contribution in [0, 0.1) is 6.92 Å². The average Bonchev–Trinajstić information content (AvgIpc) is 3.20. The number of rotatable bonds is 4. The van der Waals surface area contributed by atoms with Crippen LogP contribution in [0.15, 0.2) is 12.4 Å². The largest absolute Gasteiger partial charge is 0.378 e. The summed E-state index contributed by atoms with van der Waals surface area (Å²) in [6, 6.07) is 1.03. The zero-order valence-electron chi connectivity index (χ0n) is 16.3. The van der Waals surface area contributed by atoms with Crippen molar-refractivity contribution in [2.24, 2.45) is 0 Å². The van der Waals surface area contributed by atoms with Gasteiger partial charge < -0.3 is 9.64 Å². The quantitative estimate of drug-likeness (QED) is 0.824. The molecule has 7 nitrogen and oxygen atoms in total. The molecule has 0 N–H and O–H groups in total. The van der Waals surface area contributed by atoms with Crippen LogP contribution in [0.5, 0.6) is 0 Å². The first kappa shape index (κ1) is 17.1. The Balaban J connectivity index is 1.39. The second-order valence-electron chi connectivity index (χ2n) is 7.87. The second-order valence-corrected chi connectivity index (χ2v) is 7.87. The summed E-state index contributed by atoms with van der Waals surface area (Å²) in [5, 5.41) is 4.53. The Kier molecular flexibility index (Phi) is 4.36. The molecular weight excluding hydrogens is 340 g/mol. The maximum Gasteiger partial charge on any atom is 0.225 e. The van der Waals surface area contributed by atoms with Gasteiger partial charge in [-0.2, -0.15) is 5.10 Å². The number of hydrogen-bond donors (Lipinski definition) is 0. The third kappa shape index (κ3) is 2.93. The second kappa shape index (κ2) is 6.87. The Hall–Kier alpha value is -1.99. The number of aryl methyl sites for hydroxylation is 1. The number of morpholine rings is 1. The van der Waals surface area contributed by atoms with Crippen LogP contribution in [0.3, 0.4) is 0 Å². The van der Waals surface area contributed by atoms with E-state index in [2.05, 4.69) is 39.6 Å². The van der Waals surface area contributed by atoms with E-state index in [4.69, 9.17) is 14.7 Å². The van der Waals surface area contributed by atoms with Crippen LogP contribution in [0.1, 0.15) is 48.3 Å². The molecule has 5 rings (SSSR count). The average molecular weight is 368 g/mol. The van der Waals surface area contributed by atoms with Crippen LogP contribution in [-0.4, -0.2) is 57.0 Å². The highest BCUT2D eigenvalue weighted by atomic mass is 16.5. The van der Waals surface area contributed by atoms with Crippen molar-refractivity contribution in [3.05, 3.63) is 34.9 Å². The van der Waals surface area contributed by atoms with E-state index in [0.717, 1.165) is 51.8 Å². The highest BCUT2D eigenvalue weighted by Gasteiger charge is 2.41. The molecule has 7 heteroatoms. The molecule has 5 heterocycles. The van der Waals surface area contributed by atoms with Gasteiger partial charge in [0, 0.05) is 67.7 Å². The minimum absolute atomic E-state index is 0.446. The lowest BCUT2D eigenvalue weighted by Gasteiger charge is -2.36. The third-order valence-electron chi connectivity index (χ3n) is 6.47. The summed E-state index contributed by atoms with van der Waals surface area (Å²) in [6.45, 7) is 9.55. The minimum Gasteiger partial charge on any atom is -0.378 e. The van der Waals surface area contributed by atoms with E-state index in [0.29, 0.717) is 12.1 Å². The molecule has 3 aliphatic rings. The van der Waals surface area contributed by atoms with Gasteiger partial charge in [-0.15, -0.1) is 0 Å². The van der Waals surface area contributed by atoms with Gasteiger partial charge in [0.25, 0.3) is 0 Å². The van der Waals surface area contributed by atoms with Crippen molar-refractivity contribution in [2.75, 3.05) is 31.2 Å². The Bertz CT molecular complexity index is 828. The molecule has 0 radical (unpaired) electrons. The van der Waals surface area contributed by atoms with Crippen molar-refractivity contribution in [2.45, 2.75) is 58.3 Å². The van der Waals surface area contributed by atoms with E-state index >= 15 is 0 Å². The standard InChI is InChI=1S/C20H28N6O/c1-3-26-14(2)15(11-22-26)13-25-16-4-5-19(25)17-12-21-20(23-18(17)10-16)24-6-8-27-9-7-24/h11-12,16,19H,3-10,13H2,1-2H3/t16-,19+/m0/s1. The zero-order valence-corrected chi connectivity index (χ0v) is 16.3. The summed E-state index contributed by atoms with van der Waals surface area (Å²) in [5.74, 6) is 0.880. The first-order chi connectivity index (χ1) is 13.2. The maximum absolute atomic E-state index is 5.46. The van der Waals surface area contributed by atoms with Gasteiger partial charge in [0.15, 0.2) is 0 Å². The predicted octanol–water partition coefficient (Wildman–Crippen LogP) is 2.10. The number of nitrogens with zero attached hydrogens (tertiary/aromatic N) is 6. The fourth-order valence-electron chi connectivity index (χ4n) is 4.88. The molecule has 144 valence electrons. The van der Waals surface area contributed by atoms with Gasteiger partial charge in [-0.05, 0) is 26.7 Å². The summed E-state index contributed by atoms with van der Waals surface area (Å²) >= 11 is 0. The van der Waals surface area contributed by atoms with Crippen LogP contribution in [0.4, 0.5) is 5.95 Å². The SMILES string of the molecule is CCn1ncc(CN2[C@H]3CC[C@@H]2c2cnc(N4CCOCC4)nc2C3)c1C. The van der Waals surface area contributed by atoms with Crippen LogP contribution < -0.4 is 4.90 Å². The fourth-order valence-corrected chi connectivity index (χ4v) is 4.88. The molecule has 2 saturated heterocycles. The van der Waals surface area contributed by atoms with E-state index < -0.39 is 0 Å². The highest BCUT2D eigenvalue weighted by molar-refractivity contribution is 5.37. The molecule has 0 spiro atoms. The molecule has 2 atom stereocenters. The topological polar surface area (TPSA) is 59.3 Å². The molecule has 27 heavy (non-hydrogen) atoms. The summed E-state index contributed by atoms with van der Waals surface area (Å²) in [4.78, 5) is 14.6. The third-order valence-corrected chi connectivity index (χ3v) is 6.47. The van der Waals surface area contributed by atoms with E-state index in [-0.39, 0.29) is 0 Å². The molecule has 0 unspecified atom stereocenters. The van der Waals surface area contributed by atoms with Gasteiger partial charge in [-0.1, -0.05) is 0 Å². The maximum atomic E-state index is 5.46. The van der Waals surface area contributed by atoms with E-state index in [1.807, 2.05) is 6.20 Å². The van der Waals surface area contributed by atoms with Crippen molar-refractivity contribution in [1.82, 2.24) is 24.6 Å². The molecule has 0 amide bonds. The monoisotopic (exact) mass is 368 g/mol. The molecule has 0 aliphatic carbocycles. The number of anilines is 1. The molecule has 2 fully saturated rings. The van der Waals surface area contributed by atoms with Gasteiger partial charge in [-0.25, -0.2) is 9.97 Å². The van der Waals surface area contributed by atoms with Gasteiger partial charge in [0.1, 0.15) is 0 Å². The zero-order chi connectivity index (χ0) is 18.4. The lowest BCUT2D eigenvalue weighted by molar-refractivity contribution is 0.122. The van der Waals surface area contributed by atoms with E-state index in [1.165, 1.54) is 35.4 Å². The summed E-state index contributed by atoms with van der Waals surface area (Å²) in [6.07, 6.45) is 7.63. The van der Waals surface area contributed by atoms with Gasteiger partial charge in [0.05, 0.1) is 25.1 Å². The van der Waals surface area contributed by atoms with Crippen LogP contribution in [0.25, 0.3) is 0 Å². The Morgan fingerprint density at radius 3 is 2.81 bits per heavy atom. The van der Waals surface area contributed by atoms with Crippen LogP contribution in [-0.2, 0) is 24.2 Å². The van der Waals surface area contributed by atoms with Gasteiger partial charge in [0.2, 0.25) is 5.95 Å². The summed E-state index contributed by atoms with van der Waals surface area (Å²) in [7, 11) is 0. The lowest BCUT2D eigenvalue weighted by atomic mass is 9.98. The molecule has 0 saturated carbocycles. The number of ether oxygens (including phenoxy) is 1. The lowest BCUT2D eigenvalue weighted by Crippen LogP contribution is -2.40. The number of hydrogen-bond acceptors (Lipinski definition) is 6. The fraction of sp³-hybridized carbons (Fsp3) is 0.650. The molecule has 2 bridgehead atoms. The van der Waals surface area contributed by atoms with Crippen molar-refractivity contribution in [1.29, 1.82) is 0 Å². The smallest absolute Gasteiger partial charge is 0.225 e. The van der Waals surface area contributed by atoms with Crippen molar-refractivity contribution in [3.8, 4) is 0 Å². The van der Waals surface area contributed by atoms with Gasteiger partial charge >= 0.3 is 0 Å². The minimum atomic E-state index is 0.446. The Morgan fingerprint density at radius 2 is 2.04 bits per heavy atom. The summed E-state index contributed by atoms with van der Waals surface area (Å²) in [5.41, 5.74) is 5.24. The number of aromatic nitrogens is 4. The first-order valence-corrected chi connectivity index (χ1v) is 10.2. The molecule has 0 aromatic carbocycles. The van der Waals surface area contributed by atoms with Crippen LogP contribution in [0.2, 0.25) is 0 Å². The van der Waals surface area contributed by atoms with Gasteiger partial charge in [-0.3, -0.25) is 9.58 Å². The molecular formula is C20H28N6O. The van der Waals surface area contributed by atoms with Crippen molar-refractivity contribution in [3.63, 3.8) is 0 Å². The normalized spacial score (nSPS) is 25.0. The predicted molar refractivity (Wildman–Crippen MR) is 103 cm³/mol.